The number of para-hydroxylation sites is 1. The molecule has 3 aromatic rings. The average molecular weight is 326 g/mol. The topological polar surface area (TPSA) is 53.2 Å². The Hall–Kier alpha value is -2.11. The minimum absolute atomic E-state index is 0.0610. The fourth-order valence-electron chi connectivity index (χ4n) is 3.26. The predicted molar refractivity (Wildman–Crippen MR) is 91.5 cm³/mol. The first-order valence-electron chi connectivity index (χ1n) is 7.74. The lowest BCUT2D eigenvalue weighted by molar-refractivity contribution is 0.390. The Kier molecular flexibility index (Phi) is 3.47. The van der Waals surface area contributed by atoms with Gasteiger partial charge in [0.1, 0.15) is 0 Å². The van der Waals surface area contributed by atoms with E-state index >= 15 is 0 Å². The number of aromatic amines is 1. The minimum atomic E-state index is -3.31. The Bertz CT molecular complexity index is 946. The maximum absolute atomic E-state index is 12.7. The lowest BCUT2D eigenvalue weighted by atomic mass is 10.1. The van der Waals surface area contributed by atoms with Gasteiger partial charge >= 0.3 is 0 Å². The van der Waals surface area contributed by atoms with Crippen LogP contribution in [0.4, 0.5) is 0 Å². The zero-order valence-electron chi connectivity index (χ0n) is 12.7. The maximum Gasteiger partial charge on any atom is 0.218 e. The molecule has 0 aliphatic carbocycles. The third kappa shape index (κ3) is 2.66. The molecule has 23 heavy (non-hydrogen) atoms. The molecule has 1 aromatic heterocycles. The van der Waals surface area contributed by atoms with Crippen LogP contribution in [0.2, 0.25) is 0 Å². The van der Waals surface area contributed by atoms with Gasteiger partial charge in [-0.25, -0.2) is 8.42 Å². The van der Waals surface area contributed by atoms with Crippen molar-refractivity contribution >= 4 is 20.9 Å². The predicted octanol–water partition coefficient (Wildman–Crippen LogP) is 3.06. The number of sulfonamides is 1. The van der Waals surface area contributed by atoms with Crippen molar-refractivity contribution in [3.05, 3.63) is 71.4 Å². The van der Waals surface area contributed by atoms with E-state index in [2.05, 4.69) is 11.1 Å². The highest BCUT2D eigenvalue weighted by atomic mass is 32.2. The van der Waals surface area contributed by atoms with Gasteiger partial charge in [-0.3, -0.25) is 0 Å². The highest BCUT2D eigenvalue weighted by Crippen LogP contribution is 2.29. The van der Waals surface area contributed by atoms with Crippen molar-refractivity contribution in [3.63, 3.8) is 0 Å². The van der Waals surface area contributed by atoms with Crippen molar-refractivity contribution in [1.29, 1.82) is 0 Å². The highest BCUT2D eigenvalue weighted by molar-refractivity contribution is 7.88. The van der Waals surface area contributed by atoms with Crippen LogP contribution in [-0.2, 0) is 28.7 Å². The van der Waals surface area contributed by atoms with Crippen molar-refractivity contribution < 1.29 is 8.42 Å². The van der Waals surface area contributed by atoms with E-state index in [1.54, 1.807) is 4.31 Å². The molecule has 2 heterocycles. The summed E-state index contributed by atoms with van der Waals surface area (Å²) in [5, 5.41) is 1.13. The van der Waals surface area contributed by atoms with Crippen molar-refractivity contribution in [1.82, 2.24) is 9.29 Å². The van der Waals surface area contributed by atoms with Gasteiger partial charge in [0.15, 0.2) is 0 Å². The van der Waals surface area contributed by atoms with Gasteiger partial charge in [0.25, 0.3) is 0 Å². The molecule has 2 aromatic carbocycles. The second-order valence-corrected chi connectivity index (χ2v) is 7.92. The van der Waals surface area contributed by atoms with E-state index in [0.29, 0.717) is 13.1 Å². The molecular weight excluding hydrogens is 308 g/mol. The number of H-pyrrole nitrogens is 1. The molecule has 1 aliphatic heterocycles. The lowest BCUT2D eigenvalue weighted by Gasteiger charge is -2.26. The molecule has 1 aliphatic rings. The van der Waals surface area contributed by atoms with Crippen LogP contribution in [-0.4, -0.2) is 24.3 Å². The van der Waals surface area contributed by atoms with Crippen molar-refractivity contribution in [3.8, 4) is 0 Å². The van der Waals surface area contributed by atoms with E-state index in [-0.39, 0.29) is 5.75 Å². The number of nitrogens with one attached hydrogen (secondary N) is 1. The molecule has 0 saturated heterocycles. The van der Waals surface area contributed by atoms with Crippen LogP contribution < -0.4 is 0 Å². The summed E-state index contributed by atoms with van der Waals surface area (Å²) in [5.74, 6) is 0.0610. The van der Waals surface area contributed by atoms with E-state index in [4.69, 9.17) is 0 Å². The van der Waals surface area contributed by atoms with Crippen LogP contribution in [0, 0.1) is 0 Å². The summed E-state index contributed by atoms with van der Waals surface area (Å²) in [6.45, 7) is 0.990. The van der Waals surface area contributed by atoms with E-state index in [9.17, 15) is 8.42 Å². The van der Waals surface area contributed by atoms with Gasteiger partial charge in [0.05, 0.1) is 5.75 Å². The zero-order chi connectivity index (χ0) is 15.9. The molecule has 1 N–H and O–H groups in total. The third-order valence-electron chi connectivity index (χ3n) is 4.43. The van der Waals surface area contributed by atoms with Gasteiger partial charge in [-0.05, 0) is 17.2 Å². The van der Waals surface area contributed by atoms with E-state index < -0.39 is 10.0 Å². The fraction of sp³-hybridized carbons (Fsp3) is 0.222. The van der Waals surface area contributed by atoms with Crippen molar-refractivity contribution in [2.45, 2.75) is 18.7 Å². The number of fused-ring (bicyclic) bond motifs is 3. The summed E-state index contributed by atoms with van der Waals surface area (Å²) in [7, 11) is -3.31. The molecule has 118 valence electrons. The van der Waals surface area contributed by atoms with Gasteiger partial charge in [-0.15, -0.1) is 0 Å². The summed E-state index contributed by atoms with van der Waals surface area (Å²) in [6, 6.07) is 17.4. The van der Waals surface area contributed by atoms with Crippen LogP contribution in [0.15, 0.2) is 54.6 Å². The van der Waals surface area contributed by atoms with Crippen LogP contribution >= 0.6 is 0 Å². The summed E-state index contributed by atoms with van der Waals surface area (Å²) in [5.41, 5.74) is 4.19. The number of rotatable bonds is 3. The van der Waals surface area contributed by atoms with Gasteiger partial charge in [-0.1, -0.05) is 48.5 Å². The van der Waals surface area contributed by atoms with Crippen LogP contribution in [0.1, 0.15) is 16.8 Å². The minimum Gasteiger partial charge on any atom is -0.358 e. The Morgan fingerprint density at radius 1 is 1.00 bits per heavy atom. The molecular formula is C18H18N2O2S. The van der Waals surface area contributed by atoms with Gasteiger partial charge in [0, 0.05) is 36.1 Å². The first kappa shape index (κ1) is 14.5. The number of aromatic nitrogens is 1. The first-order valence-corrected chi connectivity index (χ1v) is 9.34. The largest absolute Gasteiger partial charge is 0.358 e. The van der Waals surface area contributed by atoms with Crippen molar-refractivity contribution in [2.24, 2.45) is 0 Å². The van der Waals surface area contributed by atoms with E-state index in [0.717, 1.165) is 34.1 Å². The number of hydrogen-bond donors (Lipinski definition) is 1. The average Bonchev–Trinajstić information content (AvgIpc) is 2.93. The SMILES string of the molecule is O=S(=O)(Cc1ccccc1)N1CCc2[nH]c3ccccc3c2C1. The maximum atomic E-state index is 12.7. The normalized spacial score (nSPS) is 15.7. The van der Waals surface area contributed by atoms with Gasteiger partial charge in [-0.2, -0.15) is 4.31 Å². The smallest absolute Gasteiger partial charge is 0.218 e. The fourth-order valence-corrected chi connectivity index (χ4v) is 4.75. The van der Waals surface area contributed by atoms with Crippen LogP contribution in [0.25, 0.3) is 10.9 Å². The van der Waals surface area contributed by atoms with Gasteiger partial charge < -0.3 is 4.98 Å². The van der Waals surface area contributed by atoms with E-state index in [1.165, 1.54) is 0 Å². The Balaban J connectivity index is 1.64. The summed E-state index contributed by atoms with van der Waals surface area (Å²) in [6.07, 6.45) is 0.734. The molecule has 0 radical (unpaired) electrons. The molecule has 0 fully saturated rings. The van der Waals surface area contributed by atoms with Crippen molar-refractivity contribution in [2.75, 3.05) is 6.54 Å². The second kappa shape index (κ2) is 5.51. The molecule has 0 bridgehead atoms. The highest BCUT2D eigenvalue weighted by Gasteiger charge is 2.28. The Morgan fingerprint density at radius 2 is 1.74 bits per heavy atom. The molecule has 4 nitrogen and oxygen atoms in total. The summed E-state index contributed by atoms with van der Waals surface area (Å²) < 4.78 is 27.1. The number of hydrogen-bond acceptors (Lipinski definition) is 2. The quantitative estimate of drug-likeness (QED) is 0.804. The third-order valence-corrected chi connectivity index (χ3v) is 6.23. The number of benzene rings is 2. The monoisotopic (exact) mass is 326 g/mol. The van der Waals surface area contributed by atoms with Crippen LogP contribution in [0.3, 0.4) is 0 Å². The molecule has 0 spiro atoms. The summed E-state index contributed by atoms with van der Waals surface area (Å²) in [4.78, 5) is 3.42. The zero-order valence-corrected chi connectivity index (χ0v) is 13.5. The Morgan fingerprint density at radius 3 is 2.57 bits per heavy atom. The Labute approximate surface area is 135 Å². The second-order valence-electron chi connectivity index (χ2n) is 5.95. The van der Waals surface area contributed by atoms with Crippen LogP contribution in [0.5, 0.6) is 0 Å². The molecule has 0 unspecified atom stereocenters. The van der Waals surface area contributed by atoms with E-state index in [1.807, 2.05) is 48.5 Å². The molecule has 0 atom stereocenters. The first-order chi connectivity index (χ1) is 11.1. The molecule has 5 heteroatoms. The lowest BCUT2D eigenvalue weighted by Crippen LogP contribution is -2.36. The molecule has 0 amide bonds. The number of nitrogens with zero attached hydrogens (tertiary/aromatic N) is 1. The molecule has 4 rings (SSSR count). The standard InChI is InChI=1S/C18H18N2O2S/c21-23(22,13-14-6-2-1-3-7-14)20-11-10-18-16(12-20)15-8-4-5-9-17(15)19-18/h1-9,19H,10-13H2. The molecule has 0 saturated carbocycles. The summed E-state index contributed by atoms with van der Waals surface area (Å²) >= 11 is 0. The van der Waals surface area contributed by atoms with Gasteiger partial charge in [0.2, 0.25) is 10.0 Å².